The van der Waals surface area contributed by atoms with Gasteiger partial charge in [-0.05, 0) is 19.8 Å². The lowest BCUT2D eigenvalue weighted by atomic mass is 10.1. The standard InChI is InChI=1S/C13H26NO.ClH/c1-12(2)8-6-9-13(15)10-7-11-14(3,4)5;/h1,6-11H2,2-5H3;1H/q+1;/p-1. The SMILES string of the molecule is C=C(C)CCCC(=O)CCC[N+](C)(C)C.[Cl-]. The van der Waals surface area contributed by atoms with E-state index >= 15 is 0 Å². The first-order valence-electron chi connectivity index (χ1n) is 5.78. The number of carbonyl (C=O) groups is 1. The monoisotopic (exact) mass is 247 g/mol. The van der Waals surface area contributed by atoms with Gasteiger partial charge in [0.2, 0.25) is 0 Å². The van der Waals surface area contributed by atoms with E-state index in [1.54, 1.807) is 0 Å². The van der Waals surface area contributed by atoms with E-state index in [4.69, 9.17) is 0 Å². The Morgan fingerprint density at radius 1 is 1.06 bits per heavy atom. The fourth-order valence-corrected chi connectivity index (χ4v) is 1.46. The first-order valence-corrected chi connectivity index (χ1v) is 5.78. The summed E-state index contributed by atoms with van der Waals surface area (Å²) in [4.78, 5) is 11.5. The Hall–Kier alpha value is -0.340. The van der Waals surface area contributed by atoms with Crippen LogP contribution in [0.3, 0.4) is 0 Å². The molecule has 2 nitrogen and oxygen atoms in total. The van der Waals surface area contributed by atoms with Crippen LogP contribution in [0.5, 0.6) is 0 Å². The second-order valence-corrected chi connectivity index (χ2v) is 5.47. The molecule has 0 heterocycles. The third-order valence-electron chi connectivity index (χ3n) is 2.34. The molecule has 0 aliphatic carbocycles. The Bertz CT molecular complexity index is 218. The van der Waals surface area contributed by atoms with E-state index in [9.17, 15) is 4.79 Å². The van der Waals surface area contributed by atoms with Crippen LogP contribution in [0.1, 0.15) is 39.0 Å². The Labute approximate surface area is 107 Å². The lowest BCUT2D eigenvalue weighted by Crippen LogP contribution is -3.00. The average molecular weight is 248 g/mol. The maximum absolute atomic E-state index is 11.5. The molecule has 0 aromatic heterocycles. The minimum absolute atomic E-state index is 0. The zero-order valence-electron chi connectivity index (χ0n) is 11.2. The topological polar surface area (TPSA) is 17.1 Å². The van der Waals surface area contributed by atoms with Crippen LogP contribution in [0.4, 0.5) is 0 Å². The van der Waals surface area contributed by atoms with Gasteiger partial charge in [0, 0.05) is 19.3 Å². The van der Waals surface area contributed by atoms with Gasteiger partial charge in [0.15, 0.2) is 0 Å². The summed E-state index contributed by atoms with van der Waals surface area (Å²) in [5.74, 6) is 0.407. The van der Waals surface area contributed by atoms with E-state index in [0.29, 0.717) is 5.78 Å². The van der Waals surface area contributed by atoms with Crippen molar-refractivity contribution in [1.82, 2.24) is 0 Å². The highest BCUT2D eigenvalue weighted by molar-refractivity contribution is 5.78. The van der Waals surface area contributed by atoms with Gasteiger partial charge in [0.25, 0.3) is 0 Å². The van der Waals surface area contributed by atoms with Crippen molar-refractivity contribution in [2.24, 2.45) is 0 Å². The number of hydrogen-bond acceptors (Lipinski definition) is 1. The fraction of sp³-hybridized carbons (Fsp3) is 0.769. The molecular formula is C13H26ClNO. The molecule has 0 fully saturated rings. The highest BCUT2D eigenvalue weighted by Gasteiger charge is 2.08. The van der Waals surface area contributed by atoms with Gasteiger partial charge < -0.3 is 16.9 Å². The lowest BCUT2D eigenvalue weighted by Gasteiger charge is -2.23. The molecule has 96 valence electrons. The van der Waals surface area contributed by atoms with Crippen molar-refractivity contribution in [3.8, 4) is 0 Å². The summed E-state index contributed by atoms with van der Waals surface area (Å²) < 4.78 is 0.943. The van der Waals surface area contributed by atoms with Crippen molar-refractivity contribution < 1.29 is 21.7 Å². The average Bonchev–Trinajstić information content (AvgIpc) is 2.00. The van der Waals surface area contributed by atoms with Crippen molar-refractivity contribution in [3.63, 3.8) is 0 Å². The molecule has 0 atom stereocenters. The summed E-state index contributed by atoms with van der Waals surface area (Å²) in [7, 11) is 6.47. The van der Waals surface area contributed by atoms with Gasteiger partial charge in [0.05, 0.1) is 27.7 Å². The van der Waals surface area contributed by atoms with Crippen LogP contribution < -0.4 is 12.4 Å². The van der Waals surface area contributed by atoms with Crippen molar-refractivity contribution in [1.29, 1.82) is 0 Å². The largest absolute Gasteiger partial charge is 1.00 e. The number of halogens is 1. The number of rotatable bonds is 8. The van der Waals surface area contributed by atoms with Gasteiger partial charge in [-0.25, -0.2) is 0 Å². The molecule has 16 heavy (non-hydrogen) atoms. The smallest absolute Gasteiger partial charge is 0.133 e. The van der Waals surface area contributed by atoms with Crippen molar-refractivity contribution in [2.45, 2.75) is 39.0 Å². The maximum atomic E-state index is 11.5. The normalized spacial score (nSPS) is 10.8. The van der Waals surface area contributed by atoms with E-state index in [-0.39, 0.29) is 12.4 Å². The molecule has 0 aromatic rings. The highest BCUT2D eigenvalue weighted by Crippen LogP contribution is 2.07. The van der Waals surface area contributed by atoms with Gasteiger partial charge in [0.1, 0.15) is 5.78 Å². The number of hydrogen-bond donors (Lipinski definition) is 0. The summed E-state index contributed by atoms with van der Waals surface area (Å²) in [6, 6.07) is 0. The molecule has 0 saturated carbocycles. The first kappa shape index (κ1) is 18.0. The molecule has 0 aromatic carbocycles. The molecule has 0 amide bonds. The quantitative estimate of drug-likeness (QED) is 0.429. The molecule has 0 radical (unpaired) electrons. The Balaban J connectivity index is 0. The Kier molecular flexibility index (Phi) is 9.89. The number of ketones is 1. The molecule has 0 rings (SSSR count). The minimum atomic E-state index is 0. The fourth-order valence-electron chi connectivity index (χ4n) is 1.46. The number of Topliss-reactive ketones (excluding diaryl/α,β-unsaturated/α-hetero) is 1. The zero-order valence-corrected chi connectivity index (χ0v) is 11.9. The zero-order chi connectivity index (χ0) is 11.9. The minimum Gasteiger partial charge on any atom is -1.00 e. The predicted octanol–water partition coefficient (Wildman–Crippen LogP) is -0.208. The molecule has 0 saturated heterocycles. The second kappa shape index (κ2) is 8.77. The molecule has 3 heteroatoms. The second-order valence-electron chi connectivity index (χ2n) is 5.47. The maximum Gasteiger partial charge on any atom is 0.133 e. The van der Waals surface area contributed by atoms with Crippen molar-refractivity contribution in [3.05, 3.63) is 12.2 Å². The third kappa shape index (κ3) is 13.7. The number of nitrogens with zero attached hydrogens (tertiary/aromatic N) is 1. The van der Waals surface area contributed by atoms with Crippen LogP contribution in [0, 0.1) is 0 Å². The first-order chi connectivity index (χ1) is 6.81. The summed E-state index contributed by atoms with van der Waals surface area (Å²) in [6.07, 6.45) is 4.44. The number of carbonyl (C=O) groups excluding carboxylic acids is 1. The molecule has 0 aliphatic rings. The van der Waals surface area contributed by atoms with E-state index in [1.165, 1.54) is 5.57 Å². The van der Waals surface area contributed by atoms with Gasteiger partial charge >= 0.3 is 0 Å². The van der Waals surface area contributed by atoms with Crippen molar-refractivity contribution in [2.75, 3.05) is 27.7 Å². The molecule has 0 bridgehead atoms. The van der Waals surface area contributed by atoms with Gasteiger partial charge in [-0.15, -0.1) is 6.58 Å². The Morgan fingerprint density at radius 3 is 2.00 bits per heavy atom. The third-order valence-corrected chi connectivity index (χ3v) is 2.34. The van der Waals surface area contributed by atoms with E-state index < -0.39 is 0 Å². The van der Waals surface area contributed by atoms with Crippen LogP contribution in [0.15, 0.2) is 12.2 Å². The predicted molar refractivity (Wildman–Crippen MR) is 65.8 cm³/mol. The number of allylic oxidation sites excluding steroid dienone is 1. The van der Waals surface area contributed by atoms with E-state index in [2.05, 4.69) is 27.7 Å². The van der Waals surface area contributed by atoms with Crippen LogP contribution in [-0.2, 0) is 4.79 Å². The lowest BCUT2D eigenvalue weighted by molar-refractivity contribution is -0.870. The van der Waals surface area contributed by atoms with Crippen LogP contribution >= 0.6 is 0 Å². The number of quaternary nitrogens is 1. The molecule has 0 N–H and O–H groups in total. The Morgan fingerprint density at radius 2 is 1.56 bits per heavy atom. The summed E-state index contributed by atoms with van der Waals surface area (Å²) in [5.41, 5.74) is 1.18. The van der Waals surface area contributed by atoms with Gasteiger partial charge in [-0.3, -0.25) is 4.79 Å². The van der Waals surface area contributed by atoms with Gasteiger partial charge in [-0.2, -0.15) is 0 Å². The summed E-state index contributed by atoms with van der Waals surface area (Å²) >= 11 is 0. The summed E-state index contributed by atoms with van der Waals surface area (Å²) in [5, 5.41) is 0. The van der Waals surface area contributed by atoms with Crippen LogP contribution in [-0.4, -0.2) is 38.0 Å². The molecule has 0 unspecified atom stereocenters. The molecular weight excluding hydrogens is 222 g/mol. The summed E-state index contributed by atoms with van der Waals surface area (Å²) in [6.45, 7) is 6.92. The highest BCUT2D eigenvalue weighted by atomic mass is 35.5. The molecule has 0 spiro atoms. The molecule has 0 aliphatic heterocycles. The van der Waals surface area contributed by atoms with E-state index in [1.807, 2.05) is 6.92 Å². The van der Waals surface area contributed by atoms with Crippen LogP contribution in [0.25, 0.3) is 0 Å². The van der Waals surface area contributed by atoms with Gasteiger partial charge in [-0.1, -0.05) is 5.57 Å². The van der Waals surface area contributed by atoms with Crippen LogP contribution in [0.2, 0.25) is 0 Å². The van der Waals surface area contributed by atoms with Crippen molar-refractivity contribution >= 4 is 5.78 Å². The van der Waals surface area contributed by atoms with E-state index in [0.717, 1.165) is 43.1 Å².